The predicted octanol–water partition coefficient (Wildman–Crippen LogP) is 2.98. The number of methoxy groups -OCH3 is 1. The molecular formula is C14H21NO2. The highest BCUT2D eigenvalue weighted by molar-refractivity contribution is 5.53. The Hall–Kier alpha value is -1.22. The summed E-state index contributed by atoms with van der Waals surface area (Å²) in [5, 5.41) is 3.45. The van der Waals surface area contributed by atoms with E-state index in [9.17, 15) is 0 Å². The van der Waals surface area contributed by atoms with Crippen LogP contribution in [0, 0.1) is 6.92 Å². The van der Waals surface area contributed by atoms with E-state index >= 15 is 0 Å². The lowest BCUT2D eigenvalue weighted by atomic mass is 10.1. The summed E-state index contributed by atoms with van der Waals surface area (Å²) in [6.07, 6.45) is 4.03. The van der Waals surface area contributed by atoms with Crippen LogP contribution in [0.2, 0.25) is 0 Å². The molecule has 3 heteroatoms. The van der Waals surface area contributed by atoms with Crippen molar-refractivity contribution in [1.82, 2.24) is 0 Å². The third-order valence-corrected chi connectivity index (χ3v) is 3.23. The van der Waals surface area contributed by atoms with Crippen molar-refractivity contribution in [3.63, 3.8) is 0 Å². The number of hydrogen-bond acceptors (Lipinski definition) is 3. The second-order valence-electron chi connectivity index (χ2n) is 4.55. The molecule has 1 aliphatic heterocycles. The molecule has 1 saturated heterocycles. The quantitative estimate of drug-likeness (QED) is 0.870. The van der Waals surface area contributed by atoms with E-state index in [2.05, 4.69) is 18.3 Å². The van der Waals surface area contributed by atoms with Crippen molar-refractivity contribution >= 4 is 5.69 Å². The molecule has 0 aromatic heterocycles. The first-order chi connectivity index (χ1) is 8.29. The fourth-order valence-corrected chi connectivity index (χ4v) is 2.15. The zero-order valence-corrected chi connectivity index (χ0v) is 10.7. The third kappa shape index (κ3) is 3.37. The zero-order chi connectivity index (χ0) is 12.1. The van der Waals surface area contributed by atoms with Crippen LogP contribution in [-0.2, 0) is 4.74 Å². The van der Waals surface area contributed by atoms with Gasteiger partial charge in [-0.1, -0.05) is 0 Å². The van der Waals surface area contributed by atoms with Crippen LogP contribution < -0.4 is 10.1 Å². The van der Waals surface area contributed by atoms with Gasteiger partial charge in [-0.15, -0.1) is 0 Å². The number of anilines is 1. The summed E-state index contributed by atoms with van der Waals surface area (Å²) < 4.78 is 10.9. The van der Waals surface area contributed by atoms with Gasteiger partial charge in [0.1, 0.15) is 5.75 Å². The minimum absolute atomic E-state index is 0.366. The first-order valence-electron chi connectivity index (χ1n) is 6.29. The van der Waals surface area contributed by atoms with Crippen molar-refractivity contribution in [3.05, 3.63) is 23.8 Å². The van der Waals surface area contributed by atoms with Gasteiger partial charge in [-0.3, -0.25) is 0 Å². The van der Waals surface area contributed by atoms with E-state index in [1.807, 2.05) is 12.1 Å². The normalized spacial score (nSPS) is 20.0. The maximum atomic E-state index is 5.70. The molecule has 0 spiro atoms. The van der Waals surface area contributed by atoms with Crippen molar-refractivity contribution in [2.45, 2.75) is 32.3 Å². The molecule has 1 atom stereocenters. The van der Waals surface area contributed by atoms with Crippen LogP contribution in [0.1, 0.15) is 24.8 Å². The summed E-state index contributed by atoms with van der Waals surface area (Å²) in [7, 11) is 1.69. The van der Waals surface area contributed by atoms with E-state index < -0.39 is 0 Å². The second kappa shape index (κ2) is 5.92. The van der Waals surface area contributed by atoms with Gasteiger partial charge in [0.15, 0.2) is 0 Å². The smallest absolute Gasteiger partial charge is 0.119 e. The van der Waals surface area contributed by atoms with E-state index in [0.717, 1.165) is 18.9 Å². The predicted molar refractivity (Wildman–Crippen MR) is 69.8 cm³/mol. The Morgan fingerprint density at radius 1 is 1.41 bits per heavy atom. The van der Waals surface area contributed by atoms with Crippen LogP contribution in [-0.4, -0.2) is 26.4 Å². The summed E-state index contributed by atoms with van der Waals surface area (Å²) >= 11 is 0. The van der Waals surface area contributed by atoms with E-state index in [4.69, 9.17) is 9.47 Å². The van der Waals surface area contributed by atoms with Crippen molar-refractivity contribution in [3.8, 4) is 5.75 Å². The molecule has 1 aromatic carbocycles. The highest BCUT2D eigenvalue weighted by Crippen LogP contribution is 2.21. The van der Waals surface area contributed by atoms with Crippen molar-refractivity contribution in [2.24, 2.45) is 0 Å². The molecule has 1 aliphatic rings. The first kappa shape index (κ1) is 12.2. The number of rotatable bonds is 4. The third-order valence-electron chi connectivity index (χ3n) is 3.23. The van der Waals surface area contributed by atoms with E-state index in [1.165, 1.54) is 30.5 Å². The minimum Gasteiger partial charge on any atom is -0.497 e. The molecule has 94 valence electrons. The second-order valence-corrected chi connectivity index (χ2v) is 4.55. The fourth-order valence-electron chi connectivity index (χ4n) is 2.15. The molecular weight excluding hydrogens is 214 g/mol. The van der Waals surface area contributed by atoms with Gasteiger partial charge in [0.2, 0.25) is 0 Å². The molecule has 0 amide bonds. The summed E-state index contributed by atoms with van der Waals surface area (Å²) in [5.41, 5.74) is 2.38. The Bertz CT molecular complexity index is 359. The van der Waals surface area contributed by atoms with Crippen molar-refractivity contribution < 1.29 is 9.47 Å². The van der Waals surface area contributed by atoms with Gasteiger partial charge in [-0.05, 0) is 49.9 Å². The molecule has 0 bridgehead atoms. The molecule has 1 heterocycles. The molecule has 1 aromatic rings. The number of aryl methyl sites for hydroxylation is 1. The molecule has 3 nitrogen and oxygen atoms in total. The lowest BCUT2D eigenvalue weighted by Gasteiger charge is -2.23. The molecule has 1 unspecified atom stereocenters. The maximum absolute atomic E-state index is 5.70. The van der Waals surface area contributed by atoms with Crippen LogP contribution in [0.15, 0.2) is 18.2 Å². The Morgan fingerprint density at radius 2 is 2.29 bits per heavy atom. The molecule has 2 rings (SSSR count). The maximum Gasteiger partial charge on any atom is 0.119 e. The highest BCUT2D eigenvalue weighted by Gasteiger charge is 2.13. The number of ether oxygens (including phenoxy) is 2. The topological polar surface area (TPSA) is 30.5 Å². The van der Waals surface area contributed by atoms with Crippen molar-refractivity contribution in [2.75, 3.05) is 25.6 Å². The highest BCUT2D eigenvalue weighted by atomic mass is 16.5. The lowest BCUT2D eigenvalue weighted by Crippen LogP contribution is -2.27. The van der Waals surface area contributed by atoms with Gasteiger partial charge < -0.3 is 14.8 Å². The molecule has 0 radical (unpaired) electrons. The fraction of sp³-hybridized carbons (Fsp3) is 0.571. The average Bonchev–Trinajstić information content (AvgIpc) is 2.38. The van der Waals surface area contributed by atoms with Gasteiger partial charge in [0.25, 0.3) is 0 Å². The SMILES string of the molecule is COc1ccc(NCC2CCCCO2)c(C)c1. The van der Waals surface area contributed by atoms with Gasteiger partial charge in [-0.25, -0.2) is 0 Å². The summed E-state index contributed by atoms with van der Waals surface area (Å²) in [4.78, 5) is 0. The van der Waals surface area contributed by atoms with Gasteiger partial charge in [0, 0.05) is 18.8 Å². The van der Waals surface area contributed by atoms with Crippen LogP contribution >= 0.6 is 0 Å². The van der Waals surface area contributed by atoms with Gasteiger partial charge >= 0.3 is 0 Å². The Morgan fingerprint density at radius 3 is 2.94 bits per heavy atom. The van der Waals surface area contributed by atoms with Crippen LogP contribution in [0.25, 0.3) is 0 Å². The Labute approximate surface area is 103 Å². The summed E-state index contributed by atoms with van der Waals surface area (Å²) in [6.45, 7) is 3.90. The molecule has 1 fully saturated rings. The molecule has 1 N–H and O–H groups in total. The van der Waals surface area contributed by atoms with Gasteiger partial charge in [0.05, 0.1) is 13.2 Å². The summed E-state index contributed by atoms with van der Waals surface area (Å²) in [6, 6.07) is 6.10. The number of hydrogen-bond donors (Lipinski definition) is 1. The van der Waals surface area contributed by atoms with Crippen LogP contribution in [0.3, 0.4) is 0 Å². The van der Waals surface area contributed by atoms with Crippen LogP contribution in [0.5, 0.6) is 5.75 Å². The summed E-state index contributed by atoms with van der Waals surface area (Å²) in [5.74, 6) is 0.905. The number of benzene rings is 1. The minimum atomic E-state index is 0.366. The van der Waals surface area contributed by atoms with E-state index in [0.29, 0.717) is 6.10 Å². The first-order valence-corrected chi connectivity index (χ1v) is 6.29. The monoisotopic (exact) mass is 235 g/mol. The molecule has 0 aliphatic carbocycles. The largest absolute Gasteiger partial charge is 0.497 e. The van der Waals surface area contributed by atoms with E-state index in [1.54, 1.807) is 7.11 Å². The Kier molecular flexibility index (Phi) is 4.26. The van der Waals surface area contributed by atoms with E-state index in [-0.39, 0.29) is 0 Å². The molecule has 17 heavy (non-hydrogen) atoms. The zero-order valence-electron chi connectivity index (χ0n) is 10.7. The number of nitrogens with one attached hydrogen (secondary N) is 1. The van der Waals surface area contributed by atoms with Crippen molar-refractivity contribution in [1.29, 1.82) is 0 Å². The average molecular weight is 235 g/mol. The molecule has 0 saturated carbocycles. The Balaban J connectivity index is 1.89. The van der Waals surface area contributed by atoms with Crippen LogP contribution in [0.4, 0.5) is 5.69 Å². The lowest BCUT2D eigenvalue weighted by molar-refractivity contribution is 0.0247. The standard InChI is InChI=1S/C14H21NO2/c1-11-9-12(16-2)6-7-14(11)15-10-13-5-3-4-8-17-13/h6-7,9,13,15H,3-5,8,10H2,1-2H3. The van der Waals surface area contributed by atoms with Gasteiger partial charge in [-0.2, -0.15) is 0 Å².